The van der Waals surface area contributed by atoms with Gasteiger partial charge in [-0.3, -0.25) is 13.9 Å². The fourth-order valence-corrected chi connectivity index (χ4v) is 5.74. The number of anilines is 1. The Morgan fingerprint density at radius 1 is 0.946 bits per heavy atom. The van der Waals surface area contributed by atoms with Gasteiger partial charge in [-0.05, 0) is 69.0 Å². The number of carbonyl (C=O) groups excluding carboxylic acids is 2. The number of rotatable bonds is 10. The van der Waals surface area contributed by atoms with Gasteiger partial charge in [-0.25, -0.2) is 8.42 Å². The lowest BCUT2D eigenvalue weighted by atomic mass is 10.1. The highest BCUT2D eigenvalue weighted by atomic mass is 32.2. The normalized spacial score (nSPS) is 12.0. The fraction of sp³-hybridized carbons (Fsp3) is 0.286. The van der Waals surface area contributed by atoms with E-state index in [2.05, 4.69) is 5.32 Å². The molecule has 3 aromatic rings. The Kier molecular flexibility index (Phi) is 9.39. The van der Waals surface area contributed by atoms with Crippen molar-refractivity contribution in [2.24, 2.45) is 0 Å². The van der Waals surface area contributed by atoms with Crippen molar-refractivity contribution in [2.45, 2.75) is 43.1 Å². The van der Waals surface area contributed by atoms with E-state index in [-0.39, 0.29) is 17.3 Å². The first kappa shape index (κ1) is 28.3. The number of sulfonamides is 1. The fourth-order valence-electron chi connectivity index (χ4n) is 3.91. The number of likely N-dealkylation sites (N-methyl/N-ethyl adjacent to an activating group) is 1. The van der Waals surface area contributed by atoms with Crippen LogP contribution in [0.4, 0.5) is 5.69 Å². The van der Waals surface area contributed by atoms with Gasteiger partial charge < -0.3 is 10.2 Å². The summed E-state index contributed by atoms with van der Waals surface area (Å²) in [7, 11) is -2.57. The highest BCUT2D eigenvalue weighted by Gasteiger charge is 2.32. The smallest absolute Gasteiger partial charge is 0.264 e. The van der Waals surface area contributed by atoms with E-state index in [9.17, 15) is 18.0 Å². The van der Waals surface area contributed by atoms with Crippen molar-refractivity contribution in [1.82, 2.24) is 10.2 Å². The van der Waals surface area contributed by atoms with E-state index in [0.29, 0.717) is 5.69 Å². The second-order valence-corrected chi connectivity index (χ2v) is 11.6. The monoisotopic (exact) mass is 539 g/mol. The molecule has 0 aromatic heterocycles. The third-order valence-electron chi connectivity index (χ3n) is 6.10. The van der Waals surface area contributed by atoms with Gasteiger partial charge in [0, 0.05) is 18.5 Å². The highest BCUT2D eigenvalue weighted by molar-refractivity contribution is 7.98. The molecule has 37 heavy (non-hydrogen) atoms. The average molecular weight is 540 g/mol. The molecule has 3 aromatic carbocycles. The summed E-state index contributed by atoms with van der Waals surface area (Å²) in [6.45, 7) is 5.20. The van der Waals surface area contributed by atoms with Crippen LogP contribution in [0.5, 0.6) is 0 Å². The molecular weight excluding hydrogens is 506 g/mol. The number of hydrogen-bond acceptors (Lipinski definition) is 5. The van der Waals surface area contributed by atoms with Crippen LogP contribution in [0.3, 0.4) is 0 Å². The molecule has 3 rings (SSSR count). The van der Waals surface area contributed by atoms with Crippen LogP contribution in [0.1, 0.15) is 23.6 Å². The first-order chi connectivity index (χ1) is 17.6. The molecule has 0 heterocycles. The minimum absolute atomic E-state index is 0.0864. The molecule has 0 unspecified atom stereocenters. The van der Waals surface area contributed by atoms with Gasteiger partial charge in [0.2, 0.25) is 11.8 Å². The second-order valence-electron chi connectivity index (χ2n) is 8.82. The third kappa shape index (κ3) is 6.93. The lowest BCUT2D eigenvalue weighted by molar-refractivity contribution is -0.139. The molecule has 0 aliphatic heterocycles. The van der Waals surface area contributed by atoms with Crippen molar-refractivity contribution in [3.8, 4) is 0 Å². The Morgan fingerprint density at radius 2 is 1.59 bits per heavy atom. The molecule has 0 aliphatic rings. The zero-order valence-corrected chi connectivity index (χ0v) is 23.4. The number of carbonyl (C=O) groups is 2. The van der Waals surface area contributed by atoms with Gasteiger partial charge in [-0.2, -0.15) is 0 Å². The number of thioether (sulfide) groups is 1. The van der Waals surface area contributed by atoms with Crippen LogP contribution < -0.4 is 9.62 Å². The quantitative estimate of drug-likeness (QED) is 0.387. The Balaban J connectivity index is 2.02. The van der Waals surface area contributed by atoms with E-state index in [0.717, 1.165) is 25.9 Å². The summed E-state index contributed by atoms with van der Waals surface area (Å²) < 4.78 is 28.7. The first-order valence-electron chi connectivity index (χ1n) is 11.9. The van der Waals surface area contributed by atoms with Crippen molar-refractivity contribution in [3.05, 3.63) is 89.5 Å². The molecular formula is C28H33N3O4S2. The summed E-state index contributed by atoms with van der Waals surface area (Å²) >= 11 is 1.51. The molecule has 0 spiro atoms. The zero-order valence-electron chi connectivity index (χ0n) is 21.8. The number of benzene rings is 3. The van der Waals surface area contributed by atoms with E-state index in [1.165, 1.54) is 23.7 Å². The maximum atomic E-state index is 13.8. The van der Waals surface area contributed by atoms with E-state index in [1.807, 2.05) is 44.4 Å². The molecule has 0 fully saturated rings. The highest BCUT2D eigenvalue weighted by Crippen LogP contribution is 2.26. The minimum atomic E-state index is -4.08. The van der Waals surface area contributed by atoms with Gasteiger partial charge in [-0.1, -0.05) is 47.5 Å². The van der Waals surface area contributed by atoms with Gasteiger partial charge in [-0.15, -0.1) is 11.8 Å². The van der Waals surface area contributed by atoms with Crippen molar-refractivity contribution in [1.29, 1.82) is 0 Å². The lowest BCUT2D eigenvalue weighted by Gasteiger charge is -2.32. The Labute approximate surface area is 223 Å². The van der Waals surface area contributed by atoms with Crippen LogP contribution in [0.15, 0.2) is 82.6 Å². The maximum absolute atomic E-state index is 13.8. The number of amides is 2. The van der Waals surface area contributed by atoms with Crippen LogP contribution in [0, 0.1) is 13.8 Å². The van der Waals surface area contributed by atoms with E-state index < -0.39 is 28.5 Å². The van der Waals surface area contributed by atoms with E-state index >= 15 is 0 Å². The van der Waals surface area contributed by atoms with Gasteiger partial charge in [0.15, 0.2) is 0 Å². The number of aryl methyl sites for hydroxylation is 2. The van der Waals surface area contributed by atoms with Gasteiger partial charge >= 0.3 is 0 Å². The molecule has 7 nitrogen and oxygen atoms in total. The van der Waals surface area contributed by atoms with Crippen molar-refractivity contribution in [2.75, 3.05) is 24.2 Å². The molecule has 1 N–H and O–H groups in total. The Hall–Kier alpha value is -3.30. The number of nitrogens with zero attached hydrogens (tertiary/aromatic N) is 2. The standard InChI is InChI=1S/C28H33N3O4S2/c1-20-9-11-24(12-10-20)31(37(34,35)26-15-13-25(36-5)14-16-26)19-27(32)30(22(3)28(33)29-4)18-23-8-6-7-21(2)17-23/h6-17,22H,18-19H2,1-5H3,(H,29,33)/t22-/m0/s1. The lowest BCUT2D eigenvalue weighted by Crippen LogP contribution is -2.50. The van der Waals surface area contributed by atoms with Gasteiger partial charge in [0.05, 0.1) is 10.6 Å². The van der Waals surface area contributed by atoms with Crippen LogP contribution in [0.25, 0.3) is 0 Å². The summed E-state index contributed by atoms with van der Waals surface area (Å²) in [6, 6.07) is 20.4. The minimum Gasteiger partial charge on any atom is -0.357 e. The summed E-state index contributed by atoms with van der Waals surface area (Å²) in [5.41, 5.74) is 3.21. The van der Waals surface area contributed by atoms with Gasteiger partial charge in [0.25, 0.3) is 10.0 Å². The molecule has 9 heteroatoms. The van der Waals surface area contributed by atoms with Crippen LogP contribution >= 0.6 is 11.8 Å². The van der Waals surface area contributed by atoms with Crippen molar-refractivity contribution >= 4 is 39.3 Å². The molecule has 1 atom stereocenters. The molecule has 0 saturated carbocycles. The predicted molar refractivity (Wildman–Crippen MR) is 149 cm³/mol. The molecule has 0 bridgehead atoms. The van der Waals surface area contributed by atoms with E-state index in [4.69, 9.17) is 0 Å². The second kappa shape index (κ2) is 12.3. The summed E-state index contributed by atoms with van der Waals surface area (Å²) in [4.78, 5) is 28.7. The van der Waals surface area contributed by atoms with E-state index in [1.54, 1.807) is 55.5 Å². The number of nitrogens with one attached hydrogen (secondary N) is 1. The van der Waals surface area contributed by atoms with Crippen LogP contribution in [-0.4, -0.2) is 51.0 Å². The first-order valence-corrected chi connectivity index (χ1v) is 14.5. The van der Waals surface area contributed by atoms with Gasteiger partial charge in [0.1, 0.15) is 12.6 Å². The van der Waals surface area contributed by atoms with Crippen molar-refractivity contribution < 1.29 is 18.0 Å². The molecule has 0 radical (unpaired) electrons. The topological polar surface area (TPSA) is 86.8 Å². The molecule has 196 valence electrons. The average Bonchev–Trinajstić information content (AvgIpc) is 2.90. The largest absolute Gasteiger partial charge is 0.357 e. The Bertz CT molecular complexity index is 1340. The number of hydrogen-bond donors (Lipinski definition) is 1. The summed E-state index contributed by atoms with van der Waals surface area (Å²) in [6.07, 6.45) is 1.91. The molecule has 2 amide bonds. The summed E-state index contributed by atoms with van der Waals surface area (Å²) in [5.74, 6) is -0.819. The predicted octanol–water partition coefficient (Wildman–Crippen LogP) is 4.38. The maximum Gasteiger partial charge on any atom is 0.264 e. The molecule has 0 saturated heterocycles. The zero-order chi connectivity index (χ0) is 27.2. The van der Waals surface area contributed by atoms with Crippen LogP contribution in [0.2, 0.25) is 0 Å². The third-order valence-corrected chi connectivity index (χ3v) is 8.63. The summed E-state index contributed by atoms with van der Waals surface area (Å²) in [5, 5.41) is 2.59. The Morgan fingerprint density at radius 3 is 2.16 bits per heavy atom. The SMILES string of the molecule is CNC(=O)[C@H](C)N(Cc1cccc(C)c1)C(=O)CN(c1ccc(C)cc1)S(=O)(=O)c1ccc(SC)cc1. The molecule has 0 aliphatic carbocycles. The van der Waals surface area contributed by atoms with Crippen LogP contribution in [-0.2, 0) is 26.2 Å². The van der Waals surface area contributed by atoms with Crippen molar-refractivity contribution in [3.63, 3.8) is 0 Å².